The summed E-state index contributed by atoms with van der Waals surface area (Å²) in [5.74, 6) is -0.0213. The van der Waals surface area contributed by atoms with Gasteiger partial charge in [-0.3, -0.25) is 4.99 Å². The van der Waals surface area contributed by atoms with Crippen LogP contribution >= 0.6 is 0 Å². The van der Waals surface area contributed by atoms with Crippen molar-refractivity contribution in [3.05, 3.63) is 35.6 Å². The summed E-state index contributed by atoms with van der Waals surface area (Å²) in [5, 5.41) is 9.43. The van der Waals surface area contributed by atoms with E-state index in [9.17, 15) is 9.50 Å². The predicted molar refractivity (Wildman–Crippen MR) is 64.0 cm³/mol. The second kappa shape index (κ2) is 4.33. The van der Waals surface area contributed by atoms with Crippen molar-refractivity contribution in [2.75, 3.05) is 13.2 Å². The SMILES string of the molecule is NC(N)=NCC1(CO)CC1c1ccc(F)cc1. The molecule has 17 heavy (non-hydrogen) atoms. The first-order valence-corrected chi connectivity index (χ1v) is 5.49. The molecule has 0 saturated heterocycles. The van der Waals surface area contributed by atoms with E-state index in [-0.39, 0.29) is 29.7 Å². The zero-order valence-corrected chi connectivity index (χ0v) is 9.44. The fraction of sp³-hybridized carbons (Fsp3) is 0.417. The number of benzene rings is 1. The van der Waals surface area contributed by atoms with Gasteiger partial charge in [-0.25, -0.2) is 4.39 Å². The Bertz CT molecular complexity index is 428. The molecule has 1 fully saturated rings. The molecule has 0 spiro atoms. The highest BCUT2D eigenvalue weighted by molar-refractivity contribution is 5.75. The number of guanidine groups is 1. The number of halogens is 1. The second-order valence-electron chi connectivity index (χ2n) is 4.57. The Morgan fingerprint density at radius 2 is 2.06 bits per heavy atom. The van der Waals surface area contributed by atoms with Crippen LogP contribution in [-0.4, -0.2) is 24.2 Å². The quantitative estimate of drug-likeness (QED) is 0.528. The molecule has 1 aromatic carbocycles. The molecule has 1 aliphatic carbocycles. The van der Waals surface area contributed by atoms with Gasteiger partial charge in [-0.2, -0.15) is 0 Å². The summed E-state index contributed by atoms with van der Waals surface area (Å²) in [5.41, 5.74) is 11.3. The summed E-state index contributed by atoms with van der Waals surface area (Å²) in [6.07, 6.45) is 0.825. The van der Waals surface area contributed by atoms with Crippen molar-refractivity contribution in [3.63, 3.8) is 0 Å². The molecule has 0 heterocycles. The highest BCUT2D eigenvalue weighted by Crippen LogP contribution is 2.59. The van der Waals surface area contributed by atoms with E-state index < -0.39 is 0 Å². The number of aliphatic hydroxyl groups excluding tert-OH is 1. The monoisotopic (exact) mass is 237 g/mol. The summed E-state index contributed by atoms with van der Waals surface area (Å²) in [6.45, 7) is 0.444. The Hall–Kier alpha value is -1.62. The normalized spacial score (nSPS) is 26.6. The zero-order valence-electron chi connectivity index (χ0n) is 9.44. The fourth-order valence-corrected chi connectivity index (χ4v) is 2.16. The molecule has 1 aliphatic rings. The molecule has 92 valence electrons. The first-order valence-electron chi connectivity index (χ1n) is 5.49. The average Bonchev–Trinajstić information content (AvgIpc) is 3.03. The number of hydrogen-bond donors (Lipinski definition) is 3. The molecule has 0 bridgehead atoms. The number of rotatable bonds is 4. The van der Waals surface area contributed by atoms with Crippen LogP contribution in [-0.2, 0) is 0 Å². The van der Waals surface area contributed by atoms with Crippen LogP contribution in [0.5, 0.6) is 0 Å². The Morgan fingerprint density at radius 1 is 1.41 bits per heavy atom. The molecule has 1 saturated carbocycles. The standard InChI is InChI=1S/C12H16FN3O/c13-9-3-1-8(2-4-9)10-5-12(10,7-17)6-16-11(14)15/h1-4,10,17H,5-7H2,(H4,14,15,16). The molecule has 0 aliphatic heterocycles. The van der Waals surface area contributed by atoms with Crippen molar-refractivity contribution in [3.8, 4) is 0 Å². The van der Waals surface area contributed by atoms with E-state index in [1.165, 1.54) is 12.1 Å². The summed E-state index contributed by atoms with van der Waals surface area (Å²) in [4.78, 5) is 3.96. The van der Waals surface area contributed by atoms with Crippen molar-refractivity contribution in [1.82, 2.24) is 0 Å². The molecule has 5 N–H and O–H groups in total. The first-order chi connectivity index (χ1) is 8.07. The Morgan fingerprint density at radius 3 is 2.59 bits per heavy atom. The highest BCUT2D eigenvalue weighted by Gasteiger charge is 2.54. The van der Waals surface area contributed by atoms with E-state index in [4.69, 9.17) is 11.5 Å². The largest absolute Gasteiger partial charge is 0.396 e. The number of aliphatic imine (C=N–C) groups is 1. The molecule has 0 amide bonds. The number of aliphatic hydroxyl groups is 1. The third-order valence-corrected chi connectivity index (χ3v) is 3.35. The van der Waals surface area contributed by atoms with Crippen molar-refractivity contribution >= 4 is 5.96 Å². The Labute approximate surface area is 99.2 Å². The van der Waals surface area contributed by atoms with Crippen LogP contribution in [0.4, 0.5) is 4.39 Å². The lowest BCUT2D eigenvalue weighted by Crippen LogP contribution is -2.25. The number of nitrogens with two attached hydrogens (primary N) is 2. The molecule has 2 atom stereocenters. The van der Waals surface area contributed by atoms with Crippen LogP contribution < -0.4 is 11.5 Å². The maximum Gasteiger partial charge on any atom is 0.185 e. The first kappa shape index (κ1) is 11.9. The topological polar surface area (TPSA) is 84.6 Å². The van der Waals surface area contributed by atoms with Crippen LogP contribution in [0, 0.1) is 11.2 Å². The molecule has 0 radical (unpaired) electrons. The van der Waals surface area contributed by atoms with Gasteiger partial charge in [0.15, 0.2) is 5.96 Å². The lowest BCUT2D eigenvalue weighted by molar-refractivity contribution is 0.212. The molecule has 2 unspecified atom stereocenters. The van der Waals surface area contributed by atoms with Gasteiger partial charge in [0.25, 0.3) is 0 Å². The van der Waals surface area contributed by atoms with Crippen LogP contribution in [0.15, 0.2) is 29.3 Å². The molecular formula is C12H16FN3O. The van der Waals surface area contributed by atoms with Crippen LogP contribution in [0.25, 0.3) is 0 Å². The minimum atomic E-state index is -0.276. The predicted octanol–water partition coefficient (Wildman–Crippen LogP) is 0.565. The average molecular weight is 237 g/mol. The summed E-state index contributed by atoms with van der Waals surface area (Å²) in [6, 6.07) is 6.34. The minimum absolute atomic E-state index is 0.0302. The van der Waals surface area contributed by atoms with Crippen molar-refractivity contribution in [1.29, 1.82) is 0 Å². The van der Waals surface area contributed by atoms with Crippen LogP contribution in [0.2, 0.25) is 0 Å². The summed E-state index contributed by atoms with van der Waals surface area (Å²) >= 11 is 0. The minimum Gasteiger partial charge on any atom is -0.396 e. The van der Waals surface area contributed by atoms with Crippen LogP contribution in [0.3, 0.4) is 0 Å². The van der Waals surface area contributed by atoms with Gasteiger partial charge in [0.2, 0.25) is 0 Å². The van der Waals surface area contributed by atoms with E-state index in [0.29, 0.717) is 6.54 Å². The number of hydrogen-bond acceptors (Lipinski definition) is 2. The van der Waals surface area contributed by atoms with Gasteiger partial charge in [0.1, 0.15) is 5.82 Å². The maximum atomic E-state index is 12.8. The number of nitrogens with zero attached hydrogens (tertiary/aromatic N) is 1. The molecule has 5 heteroatoms. The van der Waals surface area contributed by atoms with Crippen molar-refractivity contribution in [2.45, 2.75) is 12.3 Å². The summed E-state index contributed by atoms with van der Waals surface area (Å²) in [7, 11) is 0. The van der Waals surface area contributed by atoms with E-state index in [0.717, 1.165) is 12.0 Å². The molecule has 2 rings (SSSR count). The Kier molecular flexibility index (Phi) is 3.02. The lowest BCUT2D eigenvalue weighted by atomic mass is 10.00. The Balaban J connectivity index is 2.10. The third-order valence-electron chi connectivity index (χ3n) is 3.35. The van der Waals surface area contributed by atoms with E-state index in [1.54, 1.807) is 12.1 Å². The fourth-order valence-electron chi connectivity index (χ4n) is 2.16. The molecular weight excluding hydrogens is 221 g/mol. The summed E-state index contributed by atoms with van der Waals surface area (Å²) < 4.78 is 12.8. The lowest BCUT2D eigenvalue weighted by Gasteiger charge is -2.11. The van der Waals surface area contributed by atoms with Gasteiger partial charge >= 0.3 is 0 Å². The third kappa shape index (κ3) is 2.39. The van der Waals surface area contributed by atoms with Gasteiger partial charge < -0.3 is 16.6 Å². The highest BCUT2D eigenvalue weighted by atomic mass is 19.1. The van der Waals surface area contributed by atoms with E-state index >= 15 is 0 Å². The van der Waals surface area contributed by atoms with Crippen molar-refractivity contribution < 1.29 is 9.50 Å². The molecule has 4 nitrogen and oxygen atoms in total. The van der Waals surface area contributed by atoms with Crippen molar-refractivity contribution in [2.24, 2.45) is 21.9 Å². The van der Waals surface area contributed by atoms with Gasteiger partial charge in [0.05, 0.1) is 13.2 Å². The zero-order chi connectivity index (χ0) is 12.5. The van der Waals surface area contributed by atoms with E-state index in [1.807, 2.05) is 0 Å². The second-order valence-corrected chi connectivity index (χ2v) is 4.57. The van der Waals surface area contributed by atoms with Gasteiger partial charge in [-0.1, -0.05) is 12.1 Å². The smallest absolute Gasteiger partial charge is 0.185 e. The van der Waals surface area contributed by atoms with Gasteiger partial charge in [0, 0.05) is 5.41 Å². The van der Waals surface area contributed by atoms with Gasteiger partial charge in [-0.05, 0) is 30.0 Å². The van der Waals surface area contributed by atoms with Gasteiger partial charge in [-0.15, -0.1) is 0 Å². The maximum absolute atomic E-state index is 12.8. The molecule has 0 aromatic heterocycles. The van der Waals surface area contributed by atoms with Crippen LogP contribution in [0.1, 0.15) is 17.9 Å². The van der Waals surface area contributed by atoms with E-state index in [2.05, 4.69) is 4.99 Å². The molecule has 1 aromatic rings.